The number of nitrogens with one attached hydrogen (secondary N) is 1. The Bertz CT molecular complexity index is 2860. The van der Waals surface area contributed by atoms with Crippen molar-refractivity contribution in [2.75, 3.05) is 45.0 Å². The summed E-state index contributed by atoms with van der Waals surface area (Å²) in [7, 11) is 1.46. The number of aromatic nitrogens is 3. The van der Waals surface area contributed by atoms with Crippen molar-refractivity contribution in [3.63, 3.8) is 0 Å². The largest absolute Gasteiger partial charge is 0.491 e. The first-order chi connectivity index (χ1) is 32.3. The van der Waals surface area contributed by atoms with Crippen molar-refractivity contribution in [3.8, 4) is 17.6 Å². The summed E-state index contributed by atoms with van der Waals surface area (Å²) in [5.41, 5.74) is 2.08. The number of methoxy groups -OCH3 is 1. The molecule has 2 saturated heterocycles. The number of carbonyl (C=O) groups is 4. The molecule has 15 heteroatoms. The van der Waals surface area contributed by atoms with Crippen LogP contribution in [0.4, 0.5) is 10.5 Å². The number of benzene rings is 5. The Kier molecular flexibility index (Phi) is 12.4. The van der Waals surface area contributed by atoms with Gasteiger partial charge in [0.15, 0.2) is 0 Å². The number of amides is 3. The van der Waals surface area contributed by atoms with E-state index in [1.54, 1.807) is 47.1 Å². The molecule has 6 unspecified atom stereocenters. The van der Waals surface area contributed by atoms with Crippen LogP contribution in [0.2, 0.25) is 0 Å². The number of cyclic esters (lactones) is 1. The highest BCUT2D eigenvalue weighted by Gasteiger charge is 2.76. The molecule has 1 spiro atoms. The average Bonchev–Trinajstić information content (AvgIpc) is 3.99. The zero-order valence-electron chi connectivity index (χ0n) is 36.0. The Hall–Kier alpha value is -7.64. The number of aliphatic hydroxyl groups excluding tert-OH is 1. The third-order valence-corrected chi connectivity index (χ3v) is 12.3. The standard InChI is InChI=1S/C51H46N6O9/c1-3-26-52-47(59)42-44-48(60)66-45(35-18-8-5-9-19-35)43(34-16-6-4-7-17-34)57(44)46(36-20-10-13-23-41(36)64-29-28-58)51(42)37-32-33(15-14-27-55-40-22-12-11-21-38(40)53-54-55)24-25-39(37)56(49(51)61)50(62)65-31-30-63-2/h3-13,16-25,32,42-46,58H,1,26-31H2,2H3,(H,52,59). The highest BCUT2D eigenvalue weighted by atomic mass is 16.6. The van der Waals surface area contributed by atoms with Gasteiger partial charge in [0.1, 0.15) is 48.6 Å². The number of morpholine rings is 1. The lowest BCUT2D eigenvalue weighted by atomic mass is 9.65. The molecule has 4 heterocycles. The van der Waals surface area contributed by atoms with Gasteiger partial charge in [0.05, 0.1) is 42.4 Å². The minimum Gasteiger partial charge on any atom is -0.491 e. The molecular weight excluding hydrogens is 841 g/mol. The van der Waals surface area contributed by atoms with Gasteiger partial charge in [0.2, 0.25) is 11.8 Å². The molecule has 0 bridgehead atoms. The number of anilines is 1. The molecule has 2 fully saturated rings. The molecular formula is C51H46N6O9. The van der Waals surface area contributed by atoms with Crippen molar-refractivity contribution in [2.45, 2.75) is 36.2 Å². The lowest BCUT2D eigenvalue weighted by Crippen LogP contribution is -2.55. The second-order valence-electron chi connectivity index (χ2n) is 15.9. The van der Waals surface area contributed by atoms with Gasteiger partial charge in [-0.05, 0) is 53.1 Å². The van der Waals surface area contributed by atoms with Crippen LogP contribution >= 0.6 is 0 Å². The number of esters is 1. The summed E-state index contributed by atoms with van der Waals surface area (Å²) < 4.78 is 25.3. The van der Waals surface area contributed by atoms with Gasteiger partial charge in [-0.2, -0.15) is 0 Å². The SMILES string of the molecule is C=CCNC(=O)C1C2C(=O)OC(c3ccccc3)C(c3ccccc3)N2C(c2ccccc2OCCO)C12C(=O)N(C(=O)OCCOC)c1ccc(C#CCn3nnc4ccccc43)cc12. The van der Waals surface area contributed by atoms with Gasteiger partial charge >= 0.3 is 12.1 Å². The minimum absolute atomic E-state index is 0.00486. The molecule has 3 amide bonds. The summed E-state index contributed by atoms with van der Waals surface area (Å²) in [6, 6.07) is 34.8. The Morgan fingerprint density at radius 2 is 1.62 bits per heavy atom. The van der Waals surface area contributed by atoms with Gasteiger partial charge in [-0.25, -0.2) is 14.4 Å². The zero-order chi connectivity index (χ0) is 45.8. The number of ether oxygens (including phenoxy) is 4. The molecule has 5 aromatic carbocycles. The molecule has 3 aliphatic rings. The van der Waals surface area contributed by atoms with Gasteiger partial charge in [0, 0.05) is 24.8 Å². The lowest BCUT2D eigenvalue weighted by molar-refractivity contribution is -0.178. The van der Waals surface area contributed by atoms with Crippen molar-refractivity contribution < 1.29 is 43.2 Å². The number of carbonyl (C=O) groups excluding carboxylic acids is 4. The molecule has 6 aromatic rings. The normalized spacial score (nSPS) is 22.0. The summed E-state index contributed by atoms with van der Waals surface area (Å²) in [4.78, 5) is 64.1. The highest BCUT2D eigenvalue weighted by Crippen LogP contribution is 2.66. The third-order valence-electron chi connectivity index (χ3n) is 12.3. The van der Waals surface area contributed by atoms with Crippen molar-refractivity contribution in [1.29, 1.82) is 0 Å². The summed E-state index contributed by atoms with van der Waals surface area (Å²) in [6.07, 6.45) is -0.441. The van der Waals surface area contributed by atoms with E-state index in [4.69, 9.17) is 18.9 Å². The number of fused-ring (bicyclic) bond motifs is 4. The van der Waals surface area contributed by atoms with Gasteiger partial charge < -0.3 is 29.4 Å². The molecule has 0 aliphatic carbocycles. The Labute approximate surface area is 380 Å². The van der Waals surface area contributed by atoms with Crippen LogP contribution in [-0.4, -0.2) is 95.0 Å². The maximum atomic E-state index is 16.3. The molecule has 2 N–H and O–H groups in total. The number of nitrogens with zero attached hydrogens (tertiary/aromatic N) is 5. The van der Waals surface area contributed by atoms with Gasteiger partial charge in [-0.1, -0.05) is 114 Å². The first kappa shape index (κ1) is 43.6. The average molecular weight is 887 g/mol. The molecule has 15 nitrogen and oxygen atoms in total. The molecule has 1 aromatic heterocycles. The predicted octanol–water partition coefficient (Wildman–Crippen LogP) is 5.60. The second-order valence-corrected chi connectivity index (χ2v) is 15.9. The molecule has 6 atom stereocenters. The van der Waals surface area contributed by atoms with Crippen LogP contribution in [0.1, 0.15) is 46.0 Å². The Balaban J connectivity index is 1.33. The topological polar surface area (TPSA) is 175 Å². The minimum atomic E-state index is -2.08. The molecule has 66 heavy (non-hydrogen) atoms. The first-order valence-corrected chi connectivity index (χ1v) is 21.5. The van der Waals surface area contributed by atoms with Crippen LogP contribution in [0.25, 0.3) is 11.0 Å². The third kappa shape index (κ3) is 7.54. The van der Waals surface area contributed by atoms with Gasteiger partial charge in [-0.3, -0.25) is 19.3 Å². The number of hydrogen-bond donors (Lipinski definition) is 2. The van der Waals surface area contributed by atoms with Crippen molar-refractivity contribution >= 4 is 40.6 Å². The van der Waals surface area contributed by atoms with E-state index in [1.807, 2.05) is 89.8 Å². The van der Waals surface area contributed by atoms with E-state index >= 15 is 14.4 Å². The maximum absolute atomic E-state index is 16.3. The van der Waals surface area contributed by atoms with Crippen LogP contribution < -0.4 is 15.0 Å². The van der Waals surface area contributed by atoms with E-state index in [-0.39, 0.29) is 56.5 Å². The molecule has 9 rings (SSSR count). The highest BCUT2D eigenvalue weighted by molar-refractivity contribution is 6.23. The number of rotatable bonds is 13. The van der Waals surface area contributed by atoms with Crippen LogP contribution in [0.5, 0.6) is 5.75 Å². The van der Waals surface area contributed by atoms with Gasteiger partial charge in [0.25, 0.3) is 0 Å². The van der Waals surface area contributed by atoms with E-state index in [0.29, 0.717) is 22.2 Å². The van der Waals surface area contributed by atoms with Crippen molar-refractivity contribution in [3.05, 3.63) is 168 Å². The Morgan fingerprint density at radius 1 is 0.894 bits per heavy atom. The van der Waals surface area contributed by atoms with E-state index in [0.717, 1.165) is 16.0 Å². The summed E-state index contributed by atoms with van der Waals surface area (Å²) >= 11 is 0. The van der Waals surface area contributed by atoms with E-state index in [2.05, 4.69) is 34.0 Å². The fourth-order valence-corrected chi connectivity index (χ4v) is 9.74. The Morgan fingerprint density at radius 3 is 2.38 bits per heavy atom. The van der Waals surface area contributed by atoms with Crippen LogP contribution in [0.15, 0.2) is 140 Å². The maximum Gasteiger partial charge on any atom is 0.421 e. The second kappa shape index (κ2) is 18.8. The first-order valence-electron chi connectivity index (χ1n) is 21.5. The summed E-state index contributed by atoms with van der Waals surface area (Å²) in [5, 5.41) is 21.5. The quantitative estimate of drug-likeness (QED) is 0.0637. The molecule has 3 aliphatic heterocycles. The van der Waals surface area contributed by atoms with Crippen molar-refractivity contribution in [2.24, 2.45) is 5.92 Å². The smallest absolute Gasteiger partial charge is 0.421 e. The number of hydrogen-bond acceptors (Lipinski definition) is 12. The monoisotopic (exact) mass is 886 g/mol. The number of aliphatic hydroxyl groups is 1. The molecule has 0 saturated carbocycles. The van der Waals surface area contributed by atoms with E-state index < -0.39 is 59.4 Å². The van der Waals surface area contributed by atoms with Crippen LogP contribution in [0.3, 0.4) is 0 Å². The molecule has 334 valence electrons. The van der Waals surface area contributed by atoms with Crippen molar-refractivity contribution in [1.82, 2.24) is 25.2 Å². The predicted molar refractivity (Wildman–Crippen MR) is 242 cm³/mol. The van der Waals surface area contributed by atoms with E-state index in [9.17, 15) is 9.90 Å². The molecule has 0 radical (unpaired) electrons. The van der Waals surface area contributed by atoms with Gasteiger partial charge in [-0.15, -0.1) is 11.7 Å². The fraction of sp³-hybridized carbons (Fsp3) is 0.255. The summed E-state index contributed by atoms with van der Waals surface area (Å²) in [6.45, 7) is 3.42. The fourth-order valence-electron chi connectivity index (χ4n) is 9.74. The number of imide groups is 1. The lowest BCUT2D eigenvalue weighted by Gasteiger charge is -2.46. The van der Waals surface area contributed by atoms with E-state index in [1.165, 1.54) is 13.2 Å². The number of para-hydroxylation sites is 2. The van der Waals surface area contributed by atoms with Crippen LogP contribution in [0, 0.1) is 17.8 Å². The van der Waals surface area contributed by atoms with Crippen LogP contribution in [-0.2, 0) is 40.6 Å². The summed E-state index contributed by atoms with van der Waals surface area (Å²) in [5.74, 6) is 2.91. The zero-order valence-corrected chi connectivity index (χ0v) is 36.0.